The highest BCUT2D eigenvalue weighted by Gasteiger charge is 2.30. The number of carbonyl (C=O) groups is 2. The zero-order valence-corrected chi connectivity index (χ0v) is 14.1. The Kier molecular flexibility index (Phi) is 4.20. The van der Waals surface area contributed by atoms with Crippen LogP contribution in [0.4, 0.5) is 0 Å². The molecule has 126 valence electrons. The van der Waals surface area contributed by atoms with Gasteiger partial charge in [0.2, 0.25) is 5.91 Å². The van der Waals surface area contributed by atoms with Crippen LogP contribution in [0.1, 0.15) is 26.6 Å². The average Bonchev–Trinajstić information content (AvgIpc) is 3.14. The summed E-state index contributed by atoms with van der Waals surface area (Å²) in [5.41, 5.74) is 2.04. The second-order valence-electron chi connectivity index (χ2n) is 6.16. The summed E-state index contributed by atoms with van der Waals surface area (Å²) in [4.78, 5) is 26.6. The number of benzene rings is 3. The molecule has 0 saturated carbocycles. The number of carbonyl (C=O) groups excluding carboxylic acids is 2. The lowest BCUT2D eigenvalue weighted by molar-refractivity contribution is 0.0811. The van der Waals surface area contributed by atoms with Gasteiger partial charge in [0.05, 0.1) is 5.52 Å². The highest BCUT2D eigenvalue weighted by atomic mass is 16.2. The Morgan fingerprint density at radius 2 is 1.31 bits per heavy atom. The number of Topliss-reactive ketones (excluding diaryl/α,β-unsaturated/α-hetero) is 1. The molecule has 0 fully saturated rings. The number of aromatic nitrogens is 1. The van der Waals surface area contributed by atoms with Gasteiger partial charge in [0.25, 0.3) is 0 Å². The molecule has 4 rings (SSSR count). The van der Waals surface area contributed by atoms with E-state index in [0.717, 1.165) is 10.9 Å². The molecular formula is C23H17NO2. The van der Waals surface area contributed by atoms with E-state index >= 15 is 0 Å². The van der Waals surface area contributed by atoms with Gasteiger partial charge in [0.15, 0.2) is 5.78 Å². The lowest BCUT2D eigenvalue weighted by Crippen LogP contribution is -2.26. The molecule has 0 saturated heterocycles. The smallest absolute Gasteiger partial charge is 0.246 e. The minimum Gasteiger partial charge on any atom is -0.293 e. The van der Waals surface area contributed by atoms with Crippen LogP contribution in [0.25, 0.3) is 10.9 Å². The van der Waals surface area contributed by atoms with E-state index < -0.39 is 5.92 Å². The molecule has 3 nitrogen and oxygen atoms in total. The molecule has 1 atom stereocenters. The van der Waals surface area contributed by atoms with E-state index in [2.05, 4.69) is 0 Å². The third-order valence-corrected chi connectivity index (χ3v) is 4.54. The van der Waals surface area contributed by atoms with Crippen molar-refractivity contribution in [3.63, 3.8) is 0 Å². The molecule has 0 amide bonds. The van der Waals surface area contributed by atoms with Crippen LogP contribution in [0.3, 0.4) is 0 Å². The van der Waals surface area contributed by atoms with Crippen molar-refractivity contribution in [2.45, 2.75) is 5.92 Å². The van der Waals surface area contributed by atoms with Gasteiger partial charge < -0.3 is 0 Å². The zero-order chi connectivity index (χ0) is 17.9. The van der Waals surface area contributed by atoms with Gasteiger partial charge in [-0.2, -0.15) is 0 Å². The highest BCUT2D eigenvalue weighted by Crippen LogP contribution is 2.26. The number of nitrogens with zero attached hydrogens (tertiary/aromatic N) is 1. The van der Waals surface area contributed by atoms with E-state index in [1.165, 1.54) is 0 Å². The van der Waals surface area contributed by atoms with Crippen LogP contribution in [-0.2, 0) is 0 Å². The second-order valence-corrected chi connectivity index (χ2v) is 6.16. The lowest BCUT2D eigenvalue weighted by Gasteiger charge is -2.16. The Bertz CT molecular complexity index is 1070. The van der Waals surface area contributed by atoms with Crippen LogP contribution in [0.15, 0.2) is 97.2 Å². The van der Waals surface area contributed by atoms with Crippen molar-refractivity contribution in [2.24, 2.45) is 0 Å². The Morgan fingerprint density at radius 1 is 0.692 bits per heavy atom. The molecule has 0 bridgehead atoms. The van der Waals surface area contributed by atoms with Crippen molar-refractivity contribution in [3.05, 3.63) is 108 Å². The Balaban J connectivity index is 1.83. The molecule has 0 aliphatic carbocycles. The Hall–Kier alpha value is -3.46. The fourth-order valence-electron chi connectivity index (χ4n) is 3.23. The van der Waals surface area contributed by atoms with Gasteiger partial charge in [-0.3, -0.25) is 14.2 Å². The zero-order valence-electron chi connectivity index (χ0n) is 14.1. The molecule has 1 unspecified atom stereocenters. The van der Waals surface area contributed by atoms with Crippen LogP contribution in [0.5, 0.6) is 0 Å². The normalized spacial score (nSPS) is 12.0. The summed E-state index contributed by atoms with van der Waals surface area (Å²) < 4.78 is 1.58. The van der Waals surface area contributed by atoms with Crippen LogP contribution < -0.4 is 0 Å². The summed E-state index contributed by atoms with van der Waals surface area (Å²) in [6.07, 6.45) is 1.74. The summed E-state index contributed by atoms with van der Waals surface area (Å²) in [6, 6.07) is 27.8. The molecular weight excluding hydrogens is 322 g/mol. The first-order valence-electron chi connectivity index (χ1n) is 8.50. The molecule has 26 heavy (non-hydrogen) atoms. The lowest BCUT2D eigenvalue weighted by atomic mass is 9.89. The molecule has 0 radical (unpaired) electrons. The molecule has 1 aromatic heterocycles. The first kappa shape index (κ1) is 16.0. The Labute approximate surface area is 151 Å². The van der Waals surface area contributed by atoms with Crippen molar-refractivity contribution in [2.75, 3.05) is 0 Å². The van der Waals surface area contributed by atoms with Crippen molar-refractivity contribution < 1.29 is 9.59 Å². The fraction of sp³-hybridized carbons (Fsp3) is 0.0435. The van der Waals surface area contributed by atoms with Gasteiger partial charge >= 0.3 is 0 Å². The van der Waals surface area contributed by atoms with Crippen molar-refractivity contribution >= 4 is 22.6 Å². The largest absolute Gasteiger partial charge is 0.293 e. The second kappa shape index (κ2) is 6.81. The fourth-order valence-corrected chi connectivity index (χ4v) is 3.23. The summed E-state index contributed by atoms with van der Waals surface area (Å²) >= 11 is 0. The first-order chi connectivity index (χ1) is 12.8. The van der Waals surface area contributed by atoms with E-state index in [-0.39, 0.29) is 11.7 Å². The third-order valence-electron chi connectivity index (χ3n) is 4.54. The summed E-state index contributed by atoms with van der Waals surface area (Å²) in [5.74, 6) is -1.32. The minimum atomic E-state index is -0.880. The summed E-state index contributed by atoms with van der Waals surface area (Å²) in [6.45, 7) is 0. The standard InChI is InChI=1S/C23H17NO2/c25-22(19-12-5-2-6-13-19)21(18-10-3-1-4-11-18)23(26)24-16-15-17-9-7-8-14-20(17)24/h1-16,21H. The highest BCUT2D eigenvalue weighted by molar-refractivity contribution is 6.16. The quantitative estimate of drug-likeness (QED) is 0.390. The SMILES string of the molecule is O=C(c1ccccc1)C(C(=O)n1ccc2ccccc21)c1ccccc1. The molecule has 0 N–H and O–H groups in total. The summed E-state index contributed by atoms with van der Waals surface area (Å²) in [5, 5.41) is 0.972. The van der Waals surface area contributed by atoms with Crippen LogP contribution in [0, 0.1) is 0 Å². The van der Waals surface area contributed by atoms with Crippen molar-refractivity contribution in [1.82, 2.24) is 4.57 Å². The molecule has 3 aromatic carbocycles. The molecule has 0 aliphatic heterocycles. The number of para-hydroxylation sites is 1. The Morgan fingerprint density at radius 3 is 2.04 bits per heavy atom. The topological polar surface area (TPSA) is 39.1 Å². The number of fused-ring (bicyclic) bond motifs is 1. The van der Waals surface area contributed by atoms with E-state index in [1.807, 2.05) is 78.9 Å². The average molecular weight is 339 g/mol. The maximum Gasteiger partial charge on any atom is 0.246 e. The predicted octanol–water partition coefficient (Wildman–Crippen LogP) is 4.95. The van der Waals surface area contributed by atoms with E-state index in [0.29, 0.717) is 11.1 Å². The van der Waals surface area contributed by atoms with E-state index in [9.17, 15) is 9.59 Å². The third kappa shape index (κ3) is 2.84. The summed E-state index contributed by atoms with van der Waals surface area (Å²) in [7, 11) is 0. The van der Waals surface area contributed by atoms with Gasteiger partial charge in [-0.25, -0.2) is 0 Å². The van der Waals surface area contributed by atoms with E-state index in [4.69, 9.17) is 0 Å². The number of hydrogen-bond donors (Lipinski definition) is 0. The molecule has 1 heterocycles. The number of rotatable bonds is 4. The molecule has 0 aliphatic rings. The van der Waals surface area contributed by atoms with Crippen LogP contribution in [-0.4, -0.2) is 16.3 Å². The van der Waals surface area contributed by atoms with Gasteiger partial charge in [0, 0.05) is 17.1 Å². The van der Waals surface area contributed by atoms with Crippen LogP contribution >= 0.6 is 0 Å². The van der Waals surface area contributed by atoms with Gasteiger partial charge in [-0.15, -0.1) is 0 Å². The molecule has 0 spiro atoms. The van der Waals surface area contributed by atoms with Crippen LogP contribution in [0.2, 0.25) is 0 Å². The van der Waals surface area contributed by atoms with Gasteiger partial charge in [0.1, 0.15) is 5.92 Å². The minimum absolute atomic E-state index is 0.195. The first-order valence-corrected chi connectivity index (χ1v) is 8.50. The molecule has 4 aromatic rings. The maximum atomic E-state index is 13.4. The van der Waals surface area contributed by atoms with Gasteiger partial charge in [-0.1, -0.05) is 78.9 Å². The monoisotopic (exact) mass is 339 g/mol. The van der Waals surface area contributed by atoms with Crippen molar-refractivity contribution in [1.29, 1.82) is 0 Å². The van der Waals surface area contributed by atoms with Gasteiger partial charge in [-0.05, 0) is 17.7 Å². The van der Waals surface area contributed by atoms with Crippen molar-refractivity contribution in [3.8, 4) is 0 Å². The predicted molar refractivity (Wildman–Crippen MR) is 103 cm³/mol. The maximum absolute atomic E-state index is 13.4. The van der Waals surface area contributed by atoms with E-state index in [1.54, 1.807) is 22.9 Å². The number of hydrogen-bond acceptors (Lipinski definition) is 2. The molecule has 3 heteroatoms. The number of ketones is 1.